The van der Waals surface area contributed by atoms with E-state index in [-0.39, 0.29) is 11.8 Å². The highest BCUT2D eigenvalue weighted by Gasteiger charge is 2.29. The Balaban J connectivity index is 1.55. The number of ether oxygens (including phenoxy) is 2. The van der Waals surface area contributed by atoms with E-state index in [0.29, 0.717) is 24.5 Å². The number of rotatable bonds is 6. The van der Waals surface area contributed by atoms with E-state index in [1.165, 1.54) is 6.33 Å². The lowest BCUT2D eigenvalue weighted by atomic mass is 10.0. The van der Waals surface area contributed by atoms with Gasteiger partial charge in [-0.25, -0.2) is 14.8 Å². The summed E-state index contributed by atoms with van der Waals surface area (Å²) in [6, 6.07) is 11.5. The number of hydrogen-bond acceptors (Lipinski definition) is 7. The van der Waals surface area contributed by atoms with Crippen molar-refractivity contribution in [3.8, 4) is 11.6 Å². The Morgan fingerprint density at radius 3 is 2.62 bits per heavy atom. The van der Waals surface area contributed by atoms with Crippen molar-refractivity contribution in [1.29, 1.82) is 0 Å². The molecule has 0 radical (unpaired) electrons. The molecule has 4 rings (SSSR count). The van der Waals surface area contributed by atoms with Gasteiger partial charge in [-0.1, -0.05) is 12.1 Å². The Labute approximate surface area is 185 Å². The molecule has 1 aliphatic heterocycles. The summed E-state index contributed by atoms with van der Waals surface area (Å²) in [7, 11) is 1.62. The highest BCUT2D eigenvalue weighted by Crippen LogP contribution is 2.32. The molecule has 0 atom stereocenters. The minimum Gasteiger partial charge on any atom is -0.497 e. The van der Waals surface area contributed by atoms with Gasteiger partial charge in [-0.05, 0) is 54.8 Å². The van der Waals surface area contributed by atoms with Crippen molar-refractivity contribution in [2.24, 2.45) is 5.73 Å². The first-order valence-electron chi connectivity index (χ1n) is 9.97. The van der Waals surface area contributed by atoms with E-state index in [0.717, 1.165) is 33.7 Å². The van der Waals surface area contributed by atoms with Crippen LogP contribution in [-0.4, -0.2) is 34.0 Å². The van der Waals surface area contributed by atoms with Gasteiger partial charge in [-0.2, -0.15) is 0 Å². The number of aromatic nitrogens is 2. The molecule has 2 aromatic carbocycles. The standard InChI is InChI=1S/C23H23N5O4/c1-13-8-17(27-20-14(2)21(26-12-25-20)32-23(24)30)9-16-11-28(22(29)19(13)16)10-15-4-6-18(31-3)7-5-15/h4-9,12H,10-11H2,1-3H3,(H2,24,30)(H,25,26,27). The van der Waals surface area contributed by atoms with Crippen LogP contribution in [0.5, 0.6) is 11.6 Å². The fraction of sp³-hybridized carbons (Fsp3) is 0.217. The van der Waals surface area contributed by atoms with Crippen LogP contribution < -0.4 is 20.5 Å². The van der Waals surface area contributed by atoms with Gasteiger partial charge in [0.1, 0.15) is 17.9 Å². The van der Waals surface area contributed by atoms with Gasteiger partial charge in [0.15, 0.2) is 0 Å². The van der Waals surface area contributed by atoms with Crippen LogP contribution in [0.3, 0.4) is 0 Å². The fourth-order valence-corrected chi connectivity index (χ4v) is 3.77. The number of carbonyl (C=O) groups is 2. The largest absolute Gasteiger partial charge is 0.497 e. The Kier molecular flexibility index (Phi) is 5.63. The number of nitrogens with two attached hydrogens (primary N) is 1. The molecule has 9 nitrogen and oxygen atoms in total. The van der Waals surface area contributed by atoms with Gasteiger partial charge < -0.3 is 25.4 Å². The van der Waals surface area contributed by atoms with E-state index < -0.39 is 6.09 Å². The highest BCUT2D eigenvalue weighted by atomic mass is 16.6. The van der Waals surface area contributed by atoms with Crippen LogP contribution >= 0.6 is 0 Å². The maximum Gasteiger partial charge on any atom is 0.411 e. The lowest BCUT2D eigenvalue weighted by Gasteiger charge is -2.16. The predicted octanol–water partition coefficient (Wildman–Crippen LogP) is 3.46. The van der Waals surface area contributed by atoms with Crippen LogP contribution in [-0.2, 0) is 13.1 Å². The van der Waals surface area contributed by atoms with Crippen molar-refractivity contribution in [3.63, 3.8) is 0 Å². The SMILES string of the molecule is COc1ccc(CN2Cc3cc(Nc4ncnc(OC(N)=O)c4C)cc(C)c3C2=O)cc1. The smallest absolute Gasteiger partial charge is 0.411 e. The second kappa shape index (κ2) is 8.54. The third-order valence-electron chi connectivity index (χ3n) is 5.31. The normalized spacial score (nSPS) is 12.5. The topological polar surface area (TPSA) is 120 Å². The summed E-state index contributed by atoms with van der Waals surface area (Å²) >= 11 is 0. The van der Waals surface area contributed by atoms with Gasteiger partial charge in [-0.3, -0.25) is 4.79 Å². The van der Waals surface area contributed by atoms with Crippen molar-refractivity contribution in [2.75, 3.05) is 12.4 Å². The number of carbonyl (C=O) groups excluding carboxylic acids is 2. The molecule has 1 aromatic heterocycles. The first-order valence-corrected chi connectivity index (χ1v) is 9.97. The second-order valence-corrected chi connectivity index (χ2v) is 7.54. The van der Waals surface area contributed by atoms with Crippen LogP contribution in [0.2, 0.25) is 0 Å². The first-order chi connectivity index (χ1) is 15.4. The number of aryl methyl sites for hydroxylation is 1. The van der Waals surface area contributed by atoms with E-state index in [2.05, 4.69) is 15.3 Å². The number of nitrogens with zero attached hydrogens (tertiary/aromatic N) is 3. The average molecular weight is 433 g/mol. The summed E-state index contributed by atoms with van der Waals surface area (Å²) in [5.74, 6) is 1.36. The lowest BCUT2D eigenvalue weighted by Crippen LogP contribution is -2.23. The number of fused-ring (bicyclic) bond motifs is 1. The van der Waals surface area contributed by atoms with Crippen LogP contribution in [0, 0.1) is 13.8 Å². The molecule has 0 bridgehead atoms. The van der Waals surface area contributed by atoms with Crippen molar-refractivity contribution in [3.05, 3.63) is 70.5 Å². The van der Waals surface area contributed by atoms with Gasteiger partial charge in [0, 0.05) is 24.3 Å². The quantitative estimate of drug-likeness (QED) is 0.611. The fourth-order valence-electron chi connectivity index (χ4n) is 3.77. The molecule has 0 spiro atoms. The van der Waals surface area contributed by atoms with Gasteiger partial charge in [0.05, 0.1) is 12.7 Å². The van der Waals surface area contributed by atoms with Gasteiger partial charge in [0.2, 0.25) is 5.88 Å². The molecular formula is C23H23N5O4. The van der Waals surface area contributed by atoms with Crippen LogP contribution in [0.4, 0.5) is 16.3 Å². The average Bonchev–Trinajstić information content (AvgIpc) is 3.06. The van der Waals surface area contributed by atoms with E-state index in [4.69, 9.17) is 15.2 Å². The van der Waals surface area contributed by atoms with Crippen molar-refractivity contribution < 1.29 is 19.1 Å². The molecule has 3 aromatic rings. The summed E-state index contributed by atoms with van der Waals surface area (Å²) in [5.41, 5.74) is 9.96. The van der Waals surface area contributed by atoms with Crippen molar-refractivity contribution in [2.45, 2.75) is 26.9 Å². The molecule has 0 saturated heterocycles. The van der Waals surface area contributed by atoms with Gasteiger partial charge in [0.25, 0.3) is 5.91 Å². The zero-order valence-electron chi connectivity index (χ0n) is 18.0. The summed E-state index contributed by atoms with van der Waals surface area (Å²) in [6.45, 7) is 4.65. The third kappa shape index (κ3) is 4.18. The summed E-state index contributed by atoms with van der Waals surface area (Å²) in [4.78, 5) is 34.1. The maximum atomic E-state index is 13.0. The number of methoxy groups -OCH3 is 1. The number of nitrogens with one attached hydrogen (secondary N) is 1. The monoisotopic (exact) mass is 433 g/mol. The van der Waals surface area contributed by atoms with E-state index in [1.807, 2.05) is 48.2 Å². The minimum absolute atomic E-state index is 0.00947. The minimum atomic E-state index is -0.943. The Bertz CT molecular complexity index is 1190. The third-order valence-corrected chi connectivity index (χ3v) is 5.31. The molecular weight excluding hydrogens is 410 g/mol. The second-order valence-electron chi connectivity index (χ2n) is 7.54. The molecule has 2 heterocycles. The van der Waals surface area contributed by atoms with Crippen molar-refractivity contribution >= 4 is 23.5 Å². The molecule has 0 saturated carbocycles. The number of anilines is 2. The molecule has 9 heteroatoms. The Morgan fingerprint density at radius 2 is 1.94 bits per heavy atom. The zero-order valence-corrected chi connectivity index (χ0v) is 18.0. The molecule has 0 fully saturated rings. The molecule has 3 N–H and O–H groups in total. The number of hydrogen-bond donors (Lipinski definition) is 2. The number of benzene rings is 2. The summed E-state index contributed by atoms with van der Waals surface area (Å²) in [6.07, 6.45) is 0.343. The summed E-state index contributed by atoms with van der Waals surface area (Å²) in [5, 5.41) is 3.22. The van der Waals surface area contributed by atoms with Gasteiger partial charge in [-0.15, -0.1) is 0 Å². The molecule has 164 valence electrons. The number of primary amides is 1. The maximum absolute atomic E-state index is 13.0. The Hall–Kier alpha value is -4.14. The summed E-state index contributed by atoms with van der Waals surface area (Å²) < 4.78 is 10.1. The van der Waals surface area contributed by atoms with Crippen LogP contribution in [0.15, 0.2) is 42.7 Å². The predicted molar refractivity (Wildman–Crippen MR) is 118 cm³/mol. The molecule has 2 amide bonds. The zero-order chi connectivity index (χ0) is 22.8. The first kappa shape index (κ1) is 21.1. The lowest BCUT2D eigenvalue weighted by molar-refractivity contribution is 0.0766. The van der Waals surface area contributed by atoms with E-state index >= 15 is 0 Å². The molecule has 1 aliphatic rings. The van der Waals surface area contributed by atoms with Crippen LogP contribution in [0.1, 0.15) is 32.6 Å². The van der Waals surface area contributed by atoms with E-state index in [9.17, 15) is 9.59 Å². The number of amides is 2. The highest BCUT2D eigenvalue weighted by molar-refractivity contribution is 6.00. The van der Waals surface area contributed by atoms with E-state index in [1.54, 1.807) is 14.0 Å². The van der Waals surface area contributed by atoms with Gasteiger partial charge >= 0.3 is 6.09 Å². The molecule has 32 heavy (non-hydrogen) atoms. The molecule has 0 aliphatic carbocycles. The van der Waals surface area contributed by atoms with Crippen molar-refractivity contribution in [1.82, 2.24) is 14.9 Å². The van der Waals surface area contributed by atoms with Crippen LogP contribution in [0.25, 0.3) is 0 Å². The Morgan fingerprint density at radius 1 is 1.19 bits per heavy atom. The molecule has 0 unspecified atom stereocenters.